The molecule has 1 N–H and O–H groups in total. The first-order valence-corrected chi connectivity index (χ1v) is 9.76. The third kappa shape index (κ3) is 4.31. The molecule has 4 rings (SSSR count). The topological polar surface area (TPSA) is 50.2 Å². The van der Waals surface area contributed by atoms with Crippen LogP contribution in [0.1, 0.15) is 29.8 Å². The number of hydrogen-bond donors (Lipinski definition) is 1. The van der Waals surface area contributed by atoms with Gasteiger partial charge in [0.05, 0.1) is 5.02 Å². The molecule has 1 amide bonds. The van der Waals surface area contributed by atoms with E-state index in [0.29, 0.717) is 17.1 Å². The number of hydrogen-bond acceptors (Lipinski definition) is 3. The number of nitrogens with zero attached hydrogens (tertiary/aromatic N) is 3. The molecule has 1 aromatic heterocycles. The van der Waals surface area contributed by atoms with Gasteiger partial charge in [-0.25, -0.2) is 18.8 Å². The fraction of sp³-hybridized carbons (Fsp3) is 0.238. The molecule has 1 saturated heterocycles. The second kappa shape index (κ2) is 8.31. The SMILES string of the molecule is O=C(NN1CCCCC1)c1cn(-c2ccc(F)cc2)c(-c2ccc(F)cc2Cl)n1. The van der Waals surface area contributed by atoms with E-state index in [1.54, 1.807) is 22.9 Å². The number of carbonyl (C=O) groups is 1. The number of piperidine rings is 1. The number of aromatic nitrogens is 2. The molecule has 2 heterocycles. The lowest BCUT2D eigenvalue weighted by atomic mass is 10.2. The average molecular weight is 417 g/mol. The van der Waals surface area contributed by atoms with Gasteiger partial charge in [0.25, 0.3) is 5.91 Å². The first-order chi connectivity index (χ1) is 14.0. The molecule has 0 bridgehead atoms. The number of imidazole rings is 1. The molecule has 1 aliphatic rings. The minimum atomic E-state index is -0.471. The van der Waals surface area contributed by atoms with Gasteiger partial charge in [-0.1, -0.05) is 18.0 Å². The normalized spacial score (nSPS) is 14.7. The molecule has 0 aliphatic carbocycles. The van der Waals surface area contributed by atoms with Crippen molar-refractivity contribution in [2.75, 3.05) is 13.1 Å². The summed E-state index contributed by atoms with van der Waals surface area (Å²) in [5.74, 6) is -0.822. The summed E-state index contributed by atoms with van der Waals surface area (Å²) in [5, 5.41) is 2.05. The Kier molecular flexibility index (Phi) is 5.60. The van der Waals surface area contributed by atoms with Crippen LogP contribution in [0.3, 0.4) is 0 Å². The second-order valence-corrected chi connectivity index (χ2v) is 7.32. The number of rotatable bonds is 4. The molecular formula is C21H19ClF2N4O. The van der Waals surface area contributed by atoms with Gasteiger partial charge in [-0.05, 0) is 55.3 Å². The Morgan fingerprint density at radius 1 is 1.00 bits per heavy atom. The van der Waals surface area contributed by atoms with Crippen molar-refractivity contribution in [1.82, 2.24) is 20.0 Å². The Bertz CT molecular complexity index is 1030. The van der Waals surface area contributed by atoms with Gasteiger partial charge in [0.1, 0.15) is 23.2 Å². The Hall–Kier alpha value is -2.77. The highest BCUT2D eigenvalue weighted by Gasteiger charge is 2.21. The minimum absolute atomic E-state index is 0.168. The zero-order valence-corrected chi connectivity index (χ0v) is 16.3. The van der Waals surface area contributed by atoms with Crippen molar-refractivity contribution in [2.45, 2.75) is 19.3 Å². The van der Waals surface area contributed by atoms with Crippen LogP contribution in [0.4, 0.5) is 8.78 Å². The number of amides is 1. The zero-order chi connectivity index (χ0) is 20.4. The van der Waals surface area contributed by atoms with Crippen LogP contribution in [0.15, 0.2) is 48.7 Å². The predicted molar refractivity (Wildman–Crippen MR) is 107 cm³/mol. The minimum Gasteiger partial charge on any atom is -0.299 e. The van der Waals surface area contributed by atoms with Crippen molar-refractivity contribution in [1.29, 1.82) is 0 Å². The van der Waals surface area contributed by atoms with Crippen molar-refractivity contribution < 1.29 is 13.6 Å². The fourth-order valence-electron chi connectivity index (χ4n) is 3.36. The Morgan fingerprint density at radius 2 is 1.69 bits per heavy atom. The van der Waals surface area contributed by atoms with Crippen LogP contribution in [0.25, 0.3) is 17.1 Å². The van der Waals surface area contributed by atoms with E-state index >= 15 is 0 Å². The van der Waals surface area contributed by atoms with Crippen LogP contribution >= 0.6 is 11.6 Å². The standard InChI is InChI=1S/C21H19ClF2N4O/c22-18-12-15(24)6-9-17(18)20-25-19(21(29)26-27-10-2-1-3-11-27)13-28(20)16-7-4-14(23)5-8-16/h4-9,12-13H,1-3,10-11H2,(H,26,29). The van der Waals surface area contributed by atoms with E-state index in [1.807, 2.05) is 5.01 Å². The van der Waals surface area contributed by atoms with Crippen LogP contribution < -0.4 is 5.43 Å². The van der Waals surface area contributed by atoms with Crippen molar-refractivity contribution >= 4 is 17.5 Å². The number of hydrazine groups is 1. The van der Waals surface area contributed by atoms with E-state index in [-0.39, 0.29) is 22.4 Å². The van der Waals surface area contributed by atoms with Crippen molar-refractivity contribution in [2.24, 2.45) is 0 Å². The Labute approximate surface area is 171 Å². The van der Waals surface area contributed by atoms with E-state index in [9.17, 15) is 13.6 Å². The van der Waals surface area contributed by atoms with E-state index < -0.39 is 5.82 Å². The fourth-order valence-corrected chi connectivity index (χ4v) is 3.61. The summed E-state index contributed by atoms with van der Waals surface area (Å²) in [5.41, 5.74) is 4.14. The highest BCUT2D eigenvalue weighted by molar-refractivity contribution is 6.33. The molecule has 0 atom stereocenters. The van der Waals surface area contributed by atoms with Gasteiger partial charge in [0, 0.05) is 30.5 Å². The highest BCUT2D eigenvalue weighted by atomic mass is 35.5. The molecule has 0 radical (unpaired) electrons. The monoisotopic (exact) mass is 416 g/mol. The van der Waals surface area contributed by atoms with Gasteiger partial charge in [0.15, 0.2) is 0 Å². The smallest absolute Gasteiger partial charge is 0.285 e. The molecule has 29 heavy (non-hydrogen) atoms. The maximum absolute atomic E-state index is 13.5. The third-order valence-corrected chi connectivity index (χ3v) is 5.14. The van der Waals surface area contributed by atoms with Gasteiger partial charge in [0.2, 0.25) is 0 Å². The maximum Gasteiger partial charge on any atom is 0.285 e. The van der Waals surface area contributed by atoms with Crippen LogP contribution in [-0.4, -0.2) is 33.6 Å². The van der Waals surface area contributed by atoms with Gasteiger partial charge in [-0.15, -0.1) is 0 Å². The van der Waals surface area contributed by atoms with Gasteiger partial charge >= 0.3 is 0 Å². The third-order valence-electron chi connectivity index (χ3n) is 4.83. The first kappa shape index (κ1) is 19.5. The van der Waals surface area contributed by atoms with E-state index in [0.717, 1.165) is 32.4 Å². The number of benzene rings is 2. The van der Waals surface area contributed by atoms with Gasteiger partial charge in [-0.3, -0.25) is 14.8 Å². The molecule has 1 aliphatic heterocycles. The molecular weight excluding hydrogens is 398 g/mol. The lowest BCUT2D eigenvalue weighted by Crippen LogP contribution is -2.45. The first-order valence-electron chi connectivity index (χ1n) is 9.38. The number of carbonyl (C=O) groups excluding carboxylic acids is 1. The van der Waals surface area contributed by atoms with Crippen LogP contribution in [0, 0.1) is 11.6 Å². The van der Waals surface area contributed by atoms with Crippen molar-refractivity contribution in [3.8, 4) is 17.1 Å². The van der Waals surface area contributed by atoms with E-state index in [2.05, 4.69) is 10.4 Å². The summed E-state index contributed by atoms with van der Waals surface area (Å²) < 4.78 is 28.5. The summed E-state index contributed by atoms with van der Waals surface area (Å²) in [6.07, 6.45) is 4.78. The molecule has 0 saturated carbocycles. The zero-order valence-electron chi connectivity index (χ0n) is 15.5. The molecule has 0 spiro atoms. The summed E-state index contributed by atoms with van der Waals surface area (Å²) in [6.45, 7) is 1.59. The maximum atomic E-state index is 13.5. The molecule has 2 aromatic carbocycles. The lowest BCUT2D eigenvalue weighted by Gasteiger charge is -2.26. The van der Waals surface area contributed by atoms with Crippen molar-refractivity contribution in [3.05, 3.63) is 71.0 Å². The van der Waals surface area contributed by atoms with Crippen LogP contribution in [0.2, 0.25) is 5.02 Å². The summed E-state index contributed by atoms with van der Waals surface area (Å²) in [7, 11) is 0. The summed E-state index contributed by atoms with van der Waals surface area (Å²) in [4.78, 5) is 17.2. The van der Waals surface area contributed by atoms with Crippen LogP contribution in [-0.2, 0) is 0 Å². The van der Waals surface area contributed by atoms with Crippen LogP contribution in [0.5, 0.6) is 0 Å². The number of nitrogens with one attached hydrogen (secondary N) is 1. The molecule has 150 valence electrons. The summed E-state index contributed by atoms with van der Waals surface area (Å²) >= 11 is 6.23. The lowest BCUT2D eigenvalue weighted by molar-refractivity contribution is 0.0745. The van der Waals surface area contributed by atoms with Gasteiger partial charge < -0.3 is 0 Å². The average Bonchev–Trinajstić information content (AvgIpc) is 3.14. The second-order valence-electron chi connectivity index (χ2n) is 6.91. The molecule has 0 unspecified atom stereocenters. The Morgan fingerprint density at radius 3 is 2.38 bits per heavy atom. The van der Waals surface area contributed by atoms with E-state index in [1.165, 1.54) is 30.3 Å². The van der Waals surface area contributed by atoms with Gasteiger partial charge in [-0.2, -0.15) is 0 Å². The largest absolute Gasteiger partial charge is 0.299 e. The number of halogens is 3. The molecule has 3 aromatic rings. The van der Waals surface area contributed by atoms with Crippen molar-refractivity contribution in [3.63, 3.8) is 0 Å². The highest BCUT2D eigenvalue weighted by Crippen LogP contribution is 2.30. The predicted octanol–water partition coefficient (Wildman–Crippen LogP) is 4.60. The quantitative estimate of drug-likeness (QED) is 0.676. The van der Waals surface area contributed by atoms with E-state index in [4.69, 9.17) is 11.6 Å². The molecule has 1 fully saturated rings. The molecule has 8 heteroatoms. The molecule has 5 nitrogen and oxygen atoms in total. The summed E-state index contributed by atoms with van der Waals surface area (Å²) in [6, 6.07) is 9.75. The Balaban J connectivity index is 1.73.